The molecule has 0 atom stereocenters. The summed E-state index contributed by atoms with van der Waals surface area (Å²) >= 11 is 3.66. The van der Waals surface area contributed by atoms with Crippen molar-refractivity contribution in [3.8, 4) is 0 Å². The number of aliphatic hydroxyl groups excluding tert-OH is 1. The average molecular weight is 387 g/mol. The Balaban J connectivity index is 0.000000260. The zero-order valence-electron chi connectivity index (χ0n) is 16.0. The smallest absolute Gasteiger partial charge is 0.0639 e. The van der Waals surface area contributed by atoms with Gasteiger partial charge >= 0.3 is 0 Å². The first kappa shape index (κ1) is 22.6. The van der Waals surface area contributed by atoms with Crippen LogP contribution < -0.4 is 0 Å². The lowest BCUT2D eigenvalue weighted by Crippen LogP contribution is -1.84. The number of allylic oxidation sites excluding steroid dienone is 1. The number of hydrogen-bond acceptors (Lipinski definition) is 3. The van der Waals surface area contributed by atoms with Crippen LogP contribution in [0.3, 0.4) is 0 Å². The largest absolute Gasteiger partial charge is 0.392 e. The lowest BCUT2D eigenvalue weighted by atomic mass is 10.2. The highest BCUT2D eigenvalue weighted by Crippen LogP contribution is 2.18. The van der Waals surface area contributed by atoms with Crippen molar-refractivity contribution in [2.24, 2.45) is 0 Å². The van der Waals surface area contributed by atoms with Crippen LogP contribution in [0.25, 0.3) is 0 Å². The van der Waals surface area contributed by atoms with Crippen LogP contribution in [-0.2, 0) is 0 Å². The molecule has 0 unspecified atom stereocenters. The van der Waals surface area contributed by atoms with Crippen molar-refractivity contribution < 1.29 is 5.11 Å². The van der Waals surface area contributed by atoms with Crippen molar-refractivity contribution in [2.75, 3.05) is 18.1 Å². The number of aliphatic hydroxyl groups is 1. The molecule has 0 aromatic heterocycles. The molecule has 0 aliphatic carbocycles. The highest BCUT2D eigenvalue weighted by molar-refractivity contribution is 7.99. The molecular formula is C23H30OS2. The monoisotopic (exact) mass is 386 g/mol. The Morgan fingerprint density at radius 2 is 1.19 bits per heavy atom. The van der Waals surface area contributed by atoms with Gasteiger partial charge in [0.15, 0.2) is 0 Å². The molecule has 1 nitrogen and oxygen atoms in total. The van der Waals surface area contributed by atoms with Crippen LogP contribution in [0.5, 0.6) is 0 Å². The number of thioether (sulfide) groups is 2. The Labute approximate surface area is 167 Å². The van der Waals surface area contributed by atoms with Gasteiger partial charge in [-0.25, -0.2) is 0 Å². The summed E-state index contributed by atoms with van der Waals surface area (Å²) in [6.07, 6.45) is 5.52. The molecule has 0 radical (unpaired) electrons. The molecule has 0 saturated carbocycles. The molecule has 2 aromatic rings. The van der Waals surface area contributed by atoms with Crippen LogP contribution in [0.15, 0.2) is 93.8 Å². The lowest BCUT2D eigenvalue weighted by Gasteiger charge is -1.98. The summed E-state index contributed by atoms with van der Waals surface area (Å²) in [6.45, 7) is 6.48. The second-order valence-corrected chi connectivity index (χ2v) is 8.05. The zero-order chi connectivity index (χ0) is 19.0. The molecule has 0 aliphatic rings. The van der Waals surface area contributed by atoms with E-state index >= 15 is 0 Å². The summed E-state index contributed by atoms with van der Waals surface area (Å²) in [5.41, 5.74) is 2.51. The van der Waals surface area contributed by atoms with E-state index < -0.39 is 0 Å². The second kappa shape index (κ2) is 14.7. The first-order valence-electron chi connectivity index (χ1n) is 8.93. The summed E-state index contributed by atoms with van der Waals surface area (Å²) in [7, 11) is 0. The second-order valence-electron chi connectivity index (χ2n) is 5.86. The van der Waals surface area contributed by atoms with Crippen molar-refractivity contribution >= 4 is 23.5 Å². The predicted octanol–water partition coefficient (Wildman–Crippen LogP) is 6.85. The minimum Gasteiger partial charge on any atom is -0.392 e. The van der Waals surface area contributed by atoms with Crippen molar-refractivity contribution in [3.05, 3.63) is 84.0 Å². The molecular weight excluding hydrogens is 356 g/mol. The molecule has 3 heteroatoms. The summed E-state index contributed by atoms with van der Waals surface area (Å²) in [5.74, 6) is 2.01. The molecule has 2 rings (SSSR count). The Morgan fingerprint density at radius 3 is 1.58 bits per heavy atom. The molecule has 0 heterocycles. The third-order valence-corrected chi connectivity index (χ3v) is 5.53. The van der Waals surface area contributed by atoms with Crippen LogP contribution in [0.1, 0.15) is 27.2 Å². The quantitative estimate of drug-likeness (QED) is 0.395. The topological polar surface area (TPSA) is 20.2 Å². The maximum atomic E-state index is 8.75. The standard InChI is InChI=1S/C12H16S.C11H14OS/c1-3-11(2)9-10-13-12-7-5-4-6-8-12;1-10(9-12)7-8-13-11-5-3-2-4-6-11/h4-9H,3,10H2,1-2H3;2-7,12H,8-9H2,1H3/b11-9+;10-7+. The average Bonchev–Trinajstić information content (AvgIpc) is 2.70. The van der Waals surface area contributed by atoms with Gasteiger partial charge in [0.2, 0.25) is 0 Å². The molecule has 0 bridgehead atoms. The molecule has 0 aliphatic heterocycles. The van der Waals surface area contributed by atoms with Gasteiger partial charge < -0.3 is 5.11 Å². The first-order valence-corrected chi connectivity index (χ1v) is 10.9. The van der Waals surface area contributed by atoms with Crippen molar-refractivity contribution in [3.63, 3.8) is 0 Å². The van der Waals surface area contributed by atoms with E-state index in [1.807, 2.05) is 36.9 Å². The zero-order valence-corrected chi connectivity index (χ0v) is 17.7. The van der Waals surface area contributed by atoms with Gasteiger partial charge in [-0.05, 0) is 44.5 Å². The molecule has 1 N–H and O–H groups in total. The van der Waals surface area contributed by atoms with Crippen molar-refractivity contribution in [2.45, 2.75) is 37.0 Å². The fourth-order valence-corrected chi connectivity index (χ4v) is 3.62. The van der Waals surface area contributed by atoms with E-state index in [9.17, 15) is 0 Å². The van der Waals surface area contributed by atoms with Gasteiger partial charge in [0, 0.05) is 21.3 Å². The van der Waals surface area contributed by atoms with E-state index in [1.54, 1.807) is 11.8 Å². The summed E-state index contributed by atoms with van der Waals surface area (Å²) in [6, 6.07) is 20.8. The number of hydrogen-bond donors (Lipinski definition) is 1. The highest BCUT2D eigenvalue weighted by Gasteiger charge is 1.90. The third-order valence-electron chi connectivity index (χ3n) is 3.66. The van der Waals surface area contributed by atoms with E-state index in [-0.39, 0.29) is 6.61 Å². The summed E-state index contributed by atoms with van der Waals surface area (Å²) < 4.78 is 0. The number of rotatable bonds is 8. The van der Waals surface area contributed by atoms with E-state index in [0.717, 1.165) is 23.5 Å². The summed E-state index contributed by atoms with van der Waals surface area (Å²) in [5, 5.41) is 8.75. The Hall–Kier alpha value is -1.42. The van der Waals surface area contributed by atoms with Gasteiger partial charge in [-0.2, -0.15) is 0 Å². The van der Waals surface area contributed by atoms with Crippen LogP contribution in [0.2, 0.25) is 0 Å². The van der Waals surface area contributed by atoms with Crippen LogP contribution in [0, 0.1) is 0 Å². The van der Waals surface area contributed by atoms with Gasteiger partial charge in [0.1, 0.15) is 0 Å². The molecule has 0 saturated heterocycles. The van der Waals surface area contributed by atoms with E-state index in [2.05, 4.69) is 68.5 Å². The highest BCUT2D eigenvalue weighted by atomic mass is 32.2. The minimum atomic E-state index is 0.162. The fourth-order valence-electron chi connectivity index (χ4n) is 1.80. The molecule has 26 heavy (non-hydrogen) atoms. The number of benzene rings is 2. The van der Waals surface area contributed by atoms with Crippen LogP contribution in [-0.4, -0.2) is 23.2 Å². The Morgan fingerprint density at radius 1 is 0.769 bits per heavy atom. The maximum Gasteiger partial charge on any atom is 0.0639 e. The van der Waals surface area contributed by atoms with Crippen molar-refractivity contribution in [1.29, 1.82) is 0 Å². The lowest BCUT2D eigenvalue weighted by molar-refractivity contribution is 0.331. The van der Waals surface area contributed by atoms with Gasteiger partial charge in [0.25, 0.3) is 0 Å². The Bertz CT molecular complexity index is 589. The molecule has 140 valence electrons. The minimum absolute atomic E-state index is 0.162. The van der Waals surface area contributed by atoms with Gasteiger partial charge in [0.05, 0.1) is 6.61 Å². The summed E-state index contributed by atoms with van der Waals surface area (Å²) in [4.78, 5) is 2.62. The SMILES string of the molecule is C/C(=C\CSc1ccccc1)CO.CC/C(C)=C/CSc1ccccc1. The Kier molecular flexibility index (Phi) is 12.8. The molecule has 2 aromatic carbocycles. The normalized spacial score (nSPS) is 11.7. The molecule has 0 fully saturated rings. The van der Waals surface area contributed by atoms with Gasteiger partial charge in [-0.3, -0.25) is 0 Å². The van der Waals surface area contributed by atoms with Crippen LogP contribution >= 0.6 is 23.5 Å². The maximum absolute atomic E-state index is 8.75. The van der Waals surface area contributed by atoms with E-state index in [4.69, 9.17) is 5.11 Å². The van der Waals surface area contributed by atoms with Gasteiger partial charge in [-0.1, -0.05) is 66.6 Å². The van der Waals surface area contributed by atoms with E-state index in [1.165, 1.54) is 15.4 Å². The van der Waals surface area contributed by atoms with E-state index in [0.29, 0.717) is 0 Å². The van der Waals surface area contributed by atoms with Crippen molar-refractivity contribution in [1.82, 2.24) is 0 Å². The molecule has 0 amide bonds. The molecule has 0 spiro atoms. The predicted molar refractivity (Wildman–Crippen MR) is 119 cm³/mol. The van der Waals surface area contributed by atoms with Gasteiger partial charge in [-0.15, -0.1) is 23.5 Å². The fraction of sp³-hybridized carbons (Fsp3) is 0.304. The third kappa shape index (κ3) is 11.2. The first-order chi connectivity index (χ1) is 12.7. The van der Waals surface area contributed by atoms with Crippen LogP contribution in [0.4, 0.5) is 0 Å².